The summed E-state index contributed by atoms with van der Waals surface area (Å²) in [7, 11) is 0. The summed E-state index contributed by atoms with van der Waals surface area (Å²) >= 11 is 9.69. The number of hydrogen-bond acceptors (Lipinski definition) is 6. The van der Waals surface area contributed by atoms with Gasteiger partial charge in [0, 0.05) is 9.75 Å². The molecule has 4 heterocycles. The van der Waals surface area contributed by atoms with Crippen LogP contribution in [0.2, 0.25) is 0 Å². The van der Waals surface area contributed by atoms with Gasteiger partial charge in [0.15, 0.2) is 9.66 Å². The average molecular weight is 559 g/mol. The van der Waals surface area contributed by atoms with E-state index in [2.05, 4.69) is 83.2 Å². The number of aromatic nitrogens is 2. The van der Waals surface area contributed by atoms with Gasteiger partial charge < -0.3 is 0 Å². The normalized spacial score (nSPS) is 13.0. The van der Waals surface area contributed by atoms with Crippen molar-refractivity contribution in [1.82, 2.24) is 9.97 Å². The molecular formula is C21H23IN2S4. The minimum Gasteiger partial charge on any atom is -0.222 e. The highest BCUT2D eigenvalue weighted by Gasteiger charge is 2.24. The molecule has 0 aliphatic heterocycles. The van der Waals surface area contributed by atoms with Crippen molar-refractivity contribution in [2.75, 3.05) is 0 Å². The maximum absolute atomic E-state index is 4.93. The van der Waals surface area contributed by atoms with Crippen LogP contribution in [0.3, 0.4) is 0 Å². The van der Waals surface area contributed by atoms with Gasteiger partial charge in [-0.1, -0.05) is 66.0 Å². The third-order valence-corrected chi connectivity index (χ3v) is 10.9. The van der Waals surface area contributed by atoms with Gasteiger partial charge >= 0.3 is 0 Å². The Kier molecular flexibility index (Phi) is 5.31. The van der Waals surface area contributed by atoms with Crippen LogP contribution in [0, 0.1) is 13.8 Å². The summed E-state index contributed by atoms with van der Waals surface area (Å²) in [4.78, 5) is 17.4. The lowest BCUT2D eigenvalue weighted by atomic mass is 9.92. The Morgan fingerprint density at radius 3 is 1.50 bits per heavy atom. The predicted molar refractivity (Wildman–Crippen MR) is 137 cm³/mol. The molecule has 0 spiro atoms. The second kappa shape index (κ2) is 7.11. The molecule has 0 radical (unpaired) electrons. The van der Waals surface area contributed by atoms with Gasteiger partial charge in [-0.3, -0.25) is 0 Å². The zero-order chi connectivity index (χ0) is 20.4. The standard InChI is InChI=1S/C21H23IN2S4/c1-10-8-12(25-14(10)20(3,4)5)16-23-18-19(27-16)24-17(28-18)13-9-11(2)15(26-13)21(6,7)22/h8-9H,1-7H3. The van der Waals surface area contributed by atoms with E-state index >= 15 is 0 Å². The highest BCUT2D eigenvalue weighted by atomic mass is 127. The van der Waals surface area contributed by atoms with Crippen molar-refractivity contribution in [1.29, 1.82) is 0 Å². The molecule has 0 aliphatic rings. The molecule has 28 heavy (non-hydrogen) atoms. The molecule has 0 aliphatic carbocycles. The molecule has 148 valence electrons. The van der Waals surface area contributed by atoms with Crippen molar-refractivity contribution >= 4 is 77.6 Å². The number of nitrogens with zero attached hydrogens (tertiary/aromatic N) is 2. The van der Waals surface area contributed by atoms with Crippen molar-refractivity contribution < 1.29 is 0 Å². The second-order valence-corrected chi connectivity index (χ2v) is 15.4. The van der Waals surface area contributed by atoms with E-state index in [9.17, 15) is 0 Å². The maximum atomic E-state index is 4.93. The van der Waals surface area contributed by atoms with Crippen LogP contribution < -0.4 is 0 Å². The summed E-state index contributed by atoms with van der Waals surface area (Å²) in [6.07, 6.45) is 0. The van der Waals surface area contributed by atoms with Crippen molar-refractivity contribution in [2.24, 2.45) is 0 Å². The minimum absolute atomic E-state index is 0.145. The Morgan fingerprint density at radius 1 is 0.714 bits per heavy atom. The molecule has 2 nitrogen and oxygen atoms in total. The number of fused-ring (bicyclic) bond motifs is 1. The highest BCUT2D eigenvalue weighted by molar-refractivity contribution is 14.1. The molecule has 0 N–H and O–H groups in total. The van der Waals surface area contributed by atoms with Gasteiger partial charge in [-0.25, -0.2) is 9.97 Å². The van der Waals surface area contributed by atoms with Crippen molar-refractivity contribution in [3.8, 4) is 19.8 Å². The second-order valence-electron chi connectivity index (χ2n) is 8.62. The van der Waals surface area contributed by atoms with E-state index in [4.69, 9.17) is 9.97 Å². The van der Waals surface area contributed by atoms with E-state index in [1.54, 1.807) is 22.7 Å². The Balaban J connectivity index is 1.70. The van der Waals surface area contributed by atoms with E-state index < -0.39 is 0 Å². The van der Waals surface area contributed by atoms with E-state index in [1.165, 1.54) is 30.6 Å². The van der Waals surface area contributed by atoms with Crippen molar-refractivity contribution in [2.45, 2.75) is 57.3 Å². The molecule has 0 bridgehead atoms. The first-order valence-corrected chi connectivity index (χ1v) is 13.5. The fraction of sp³-hybridized carbons (Fsp3) is 0.429. The monoisotopic (exact) mass is 558 g/mol. The Morgan fingerprint density at radius 2 is 1.14 bits per heavy atom. The van der Waals surface area contributed by atoms with Crippen LogP contribution in [0.5, 0.6) is 0 Å². The topological polar surface area (TPSA) is 25.8 Å². The SMILES string of the molecule is Cc1cc(-c2nc3sc(-c4cc(C)c(C(C)(C)I)s4)nc3s2)sc1C(C)(C)C. The predicted octanol–water partition coefficient (Wildman–Crippen LogP) is 8.79. The number of hydrogen-bond donors (Lipinski definition) is 0. The van der Waals surface area contributed by atoms with Crippen LogP contribution in [0.25, 0.3) is 29.4 Å². The van der Waals surface area contributed by atoms with Gasteiger partial charge in [-0.05, 0) is 56.4 Å². The number of thiazole rings is 2. The van der Waals surface area contributed by atoms with Crippen LogP contribution in [0.4, 0.5) is 0 Å². The number of rotatable bonds is 3. The van der Waals surface area contributed by atoms with E-state index in [-0.39, 0.29) is 8.84 Å². The van der Waals surface area contributed by atoms with Crippen LogP contribution in [0.15, 0.2) is 12.1 Å². The summed E-state index contributed by atoms with van der Waals surface area (Å²) in [5, 5.41) is 2.19. The average Bonchev–Trinajstić information content (AvgIpc) is 3.25. The number of halogens is 1. The Hall–Kier alpha value is -0.350. The molecule has 0 saturated carbocycles. The number of thiophene rings is 2. The Labute approximate surface area is 196 Å². The summed E-state index contributed by atoms with van der Waals surface area (Å²) in [6.45, 7) is 15.8. The van der Waals surface area contributed by atoms with Crippen molar-refractivity contribution in [3.05, 3.63) is 33.0 Å². The summed E-state index contributed by atoms with van der Waals surface area (Å²) in [6, 6.07) is 4.56. The molecule has 0 amide bonds. The molecule has 0 saturated heterocycles. The largest absolute Gasteiger partial charge is 0.222 e. The van der Waals surface area contributed by atoms with Gasteiger partial charge in [-0.2, -0.15) is 0 Å². The molecule has 4 rings (SSSR count). The quantitative estimate of drug-likeness (QED) is 0.186. The van der Waals surface area contributed by atoms with Crippen LogP contribution in [0.1, 0.15) is 55.5 Å². The summed E-state index contributed by atoms with van der Waals surface area (Å²) in [5.41, 5.74) is 2.90. The molecule has 0 fully saturated rings. The summed E-state index contributed by atoms with van der Waals surface area (Å²) < 4.78 is 0.145. The van der Waals surface area contributed by atoms with Gasteiger partial charge in [-0.15, -0.1) is 22.7 Å². The lowest BCUT2D eigenvalue weighted by Crippen LogP contribution is -2.09. The van der Waals surface area contributed by atoms with Crippen LogP contribution >= 0.6 is 67.9 Å². The molecule has 4 aromatic rings. The molecule has 0 atom stereocenters. The van der Waals surface area contributed by atoms with E-state index in [0.29, 0.717) is 0 Å². The number of alkyl halides is 1. The Bertz CT molecular complexity index is 1040. The lowest BCUT2D eigenvalue weighted by molar-refractivity contribution is 0.600. The van der Waals surface area contributed by atoms with Gasteiger partial charge in [0.25, 0.3) is 0 Å². The van der Waals surface area contributed by atoms with E-state index in [1.807, 2.05) is 22.7 Å². The van der Waals surface area contributed by atoms with Gasteiger partial charge in [0.2, 0.25) is 0 Å². The molecule has 4 aromatic heterocycles. The van der Waals surface area contributed by atoms with Crippen LogP contribution in [-0.4, -0.2) is 9.97 Å². The zero-order valence-corrected chi connectivity index (χ0v) is 22.5. The molecular weight excluding hydrogens is 535 g/mol. The maximum Gasteiger partial charge on any atom is 0.155 e. The smallest absolute Gasteiger partial charge is 0.155 e. The van der Waals surface area contributed by atoms with Gasteiger partial charge in [0.05, 0.1) is 13.2 Å². The summed E-state index contributed by atoms with van der Waals surface area (Å²) in [5.74, 6) is 0. The molecule has 0 unspecified atom stereocenters. The van der Waals surface area contributed by atoms with Gasteiger partial charge in [0.1, 0.15) is 10.0 Å². The minimum atomic E-state index is 0.145. The fourth-order valence-corrected chi connectivity index (χ4v) is 8.65. The van der Waals surface area contributed by atoms with Crippen molar-refractivity contribution in [3.63, 3.8) is 0 Å². The first-order chi connectivity index (χ1) is 12.9. The van der Waals surface area contributed by atoms with E-state index in [0.717, 1.165) is 19.7 Å². The third-order valence-electron chi connectivity index (χ3n) is 4.45. The molecule has 7 heteroatoms. The zero-order valence-electron chi connectivity index (χ0n) is 17.1. The van der Waals surface area contributed by atoms with Crippen LogP contribution in [-0.2, 0) is 8.84 Å². The lowest BCUT2D eigenvalue weighted by Gasteiger charge is -2.17. The third kappa shape index (κ3) is 3.85. The number of aryl methyl sites for hydroxylation is 2. The highest BCUT2D eigenvalue weighted by Crippen LogP contribution is 2.45. The molecule has 0 aromatic carbocycles. The first-order valence-electron chi connectivity index (χ1n) is 9.12. The fourth-order valence-electron chi connectivity index (χ4n) is 3.36. The first kappa shape index (κ1) is 20.9.